The van der Waals surface area contributed by atoms with E-state index in [0.29, 0.717) is 12.2 Å². The van der Waals surface area contributed by atoms with Crippen LogP contribution in [0.1, 0.15) is 6.92 Å². The van der Waals surface area contributed by atoms with Crippen LogP contribution in [0.4, 0.5) is 10.1 Å². The molecule has 5 heteroatoms. The van der Waals surface area contributed by atoms with Gasteiger partial charge in [0.1, 0.15) is 11.9 Å². The second kappa shape index (κ2) is 4.94. The molecule has 1 aliphatic heterocycles. The van der Waals surface area contributed by atoms with E-state index >= 15 is 0 Å². The van der Waals surface area contributed by atoms with Crippen molar-refractivity contribution < 1.29 is 9.18 Å². The average molecular weight is 251 g/mol. The van der Waals surface area contributed by atoms with Gasteiger partial charge in [-0.2, -0.15) is 0 Å². The van der Waals surface area contributed by atoms with Gasteiger partial charge in [0, 0.05) is 26.2 Å². The Morgan fingerprint density at radius 3 is 2.72 bits per heavy atom. The number of halogens is 1. The quantitative estimate of drug-likeness (QED) is 0.846. The first-order valence-corrected chi connectivity index (χ1v) is 6.04. The van der Waals surface area contributed by atoms with E-state index in [2.05, 4.69) is 0 Å². The van der Waals surface area contributed by atoms with Crippen molar-refractivity contribution in [3.8, 4) is 0 Å². The van der Waals surface area contributed by atoms with Gasteiger partial charge in [0.15, 0.2) is 0 Å². The second-order valence-electron chi connectivity index (χ2n) is 4.65. The van der Waals surface area contributed by atoms with Crippen LogP contribution in [0.2, 0.25) is 0 Å². The molecule has 1 heterocycles. The fourth-order valence-electron chi connectivity index (χ4n) is 2.30. The number of hydrogen-bond donors (Lipinski definition) is 1. The molecule has 1 amide bonds. The van der Waals surface area contributed by atoms with E-state index in [4.69, 9.17) is 5.73 Å². The Morgan fingerprint density at radius 2 is 2.11 bits per heavy atom. The summed E-state index contributed by atoms with van der Waals surface area (Å²) in [5.41, 5.74) is 6.11. The van der Waals surface area contributed by atoms with E-state index in [9.17, 15) is 9.18 Å². The molecule has 0 saturated carbocycles. The molecule has 2 atom stereocenters. The molecule has 2 N–H and O–H groups in total. The molecule has 0 aromatic heterocycles. The number of nitrogens with two attached hydrogens (primary N) is 1. The Kier molecular flexibility index (Phi) is 3.52. The fraction of sp³-hybridized carbons (Fsp3) is 0.462. The fourth-order valence-corrected chi connectivity index (χ4v) is 2.30. The van der Waals surface area contributed by atoms with Crippen molar-refractivity contribution in [1.82, 2.24) is 4.90 Å². The predicted octanol–water partition coefficient (Wildman–Crippen LogP) is 0.820. The van der Waals surface area contributed by atoms with Gasteiger partial charge in [0.2, 0.25) is 5.91 Å². The molecule has 1 aliphatic rings. The number of nitrogens with zero attached hydrogens (tertiary/aromatic N) is 2. The normalized spacial score (nSPS) is 24.6. The number of rotatable bonds is 2. The maximum atomic E-state index is 13.8. The predicted molar refractivity (Wildman–Crippen MR) is 68.8 cm³/mol. The molecule has 1 aromatic rings. The number of carbonyl (C=O) groups excluding carboxylic acids is 1. The van der Waals surface area contributed by atoms with Crippen LogP contribution in [0, 0.1) is 5.82 Å². The van der Waals surface area contributed by atoms with Crippen LogP contribution in [0.15, 0.2) is 24.3 Å². The molecular formula is C13H18FN3O. The second-order valence-corrected chi connectivity index (χ2v) is 4.65. The molecule has 1 saturated heterocycles. The molecule has 0 spiro atoms. The Balaban J connectivity index is 2.37. The molecule has 2 rings (SSSR count). The number of para-hydroxylation sites is 1. The van der Waals surface area contributed by atoms with E-state index in [1.807, 2.05) is 6.92 Å². The minimum absolute atomic E-state index is 0.0416. The lowest BCUT2D eigenvalue weighted by Gasteiger charge is -2.43. The average Bonchev–Trinajstić information content (AvgIpc) is 2.36. The van der Waals surface area contributed by atoms with Crippen LogP contribution in [0.5, 0.6) is 0 Å². The summed E-state index contributed by atoms with van der Waals surface area (Å²) in [4.78, 5) is 15.6. The first kappa shape index (κ1) is 12.8. The molecule has 1 fully saturated rings. The molecular weight excluding hydrogens is 233 g/mol. The topological polar surface area (TPSA) is 49.6 Å². The smallest absolute Gasteiger partial charge is 0.246 e. The zero-order valence-electron chi connectivity index (χ0n) is 10.6. The third kappa shape index (κ3) is 2.06. The van der Waals surface area contributed by atoms with E-state index in [1.165, 1.54) is 6.07 Å². The lowest BCUT2D eigenvalue weighted by Crippen LogP contribution is -2.62. The summed E-state index contributed by atoms with van der Waals surface area (Å²) in [6.45, 7) is 2.72. The van der Waals surface area contributed by atoms with Gasteiger partial charge < -0.3 is 15.5 Å². The number of anilines is 1. The van der Waals surface area contributed by atoms with Crippen LogP contribution >= 0.6 is 0 Å². The maximum Gasteiger partial charge on any atom is 0.246 e. The van der Waals surface area contributed by atoms with Crippen LogP contribution in [-0.2, 0) is 4.79 Å². The number of hydrogen-bond acceptors (Lipinski definition) is 3. The zero-order chi connectivity index (χ0) is 13.3. The van der Waals surface area contributed by atoms with Crippen LogP contribution in [-0.4, -0.2) is 43.0 Å². The SMILES string of the molecule is CC1CN(c2ccccc2F)C(CN)C(=O)N1C. The maximum absolute atomic E-state index is 13.8. The molecule has 98 valence electrons. The first-order valence-electron chi connectivity index (χ1n) is 6.04. The minimum atomic E-state index is -0.483. The highest BCUT2D eigenvalue weighted by atomic mass is 19.1. The highest BCUT2D eigenvalue weighted by molar-refractivity contribution is 5.87. The van der Waals surface area contributed by atoms with Crippen molar-refractivity contribution >= 4 is 11.6 Å². The molecule has 0 radical (unpaired) electrons. The monoisotopic (exact) mass is 251 g/mol. The third-order valence-electron chi connectivity index (χ3n) is 3.52. The van der Waals surface area contributed by atoms with Crippen LogP contribution < -0.4 is 10.6 Å². The van der Waals surface area contributed by atoms with Crippen molar-refractivity contribution in [1.29, 1.82) is 0 Å². The van der Waals surface area contributed by atoms with Gasteiger partial charge in [-0.25, -0.2) is 4.39 Å². The Hall–Kier alpha value is -1.62. The van der Waals surface area contributed by atoms with Crippen LogP contribution in [0.25, 0.3) is 0 Å². The Labute approximate surface area is 106 Å². The number of benzene rings is 1. The van der Waals surface area contributed by atoms with Crippen molar-refractivity contribution in [3.05, 3.63) is 30.1 Å². The van der Waals surface area contributed by atoms with Gasteiger partial charge in [-0.05, 0) is 19.1 Å². The standard InChI is InChI=1S/C13H18FN3O/c1-9-8-17(11-6-4-3-5-10(11)14)12(7-15)13(18)16(9)2/h3-6,9,12H,7-8,15H2,1-2H3. The van der Waals surface area contributed by atoms with Crippen LogP contribution in [0.3, 0.4) is 0 Å². The van der Waals surface area contributed by atoms with E-state index in [0.717, 1.165) is 0 Å². The summed E-state index contributed by atoms with van der Waals surface area (Å²) in [5, 5.41) is 0. The highest BCUT2D eigenvalue weighted by Gasteiger charge is 2.36. The van der Waals surface area contributed by atoms with Crippen molar-refractivity contribution in [2.45, 2.75) is 19.0 Å². The van der Waals surface area contributed by atoms with Gasteiger partial charge in [0.25, 0.3) is 0 Å². The number of likely N-dealkylation sites (N-methyl/N-ethyl adjacent to an activating group) is 1. The lowest BCUT2D eigenvalue weighted by atomic mass is 10.1. The summed E-state index contributed by atoms with van der Waals surface area (Å²) in [5.74, 6) is -0.375. The molecule has 0 bridgehead atoms. The van der Waals surface area contributed by atoms with Gasteiger partial charge in [-0.1, -0.05) is 12.1 Å². The Morgan fingerprint density at radius 1 is 1.44 bits per heavy atom. The summed E-state index contributed by atoms with van der Waals surface area (Å²) in [6.07, 6.45) is 0. The van der Waals surface area contributed by atoms with E-state index in [-0.39, 0.29) is 24.3 Å². The molecule has 18 heavy (non-hydrogen) atoms. The highest BCUT2D eigenvalue weighted by Crippen LogP contribution is 2.25. The largest absolute Gasteiger partial charge is 0.354 e. The van der Waals surface area contributed by atoms with Crippen molar-refractivity contribution in [2.75, 3.05) is 25.0 Å². The van der Waals surface area contributed by atoms with Gasteiger partial charge in [0.05, 0.1) is 5.69 Å². The summed E-state index contributed by atoms with van der Waals surface area (Å²) >= 11 is 0. The Bertz CT molecular complexity index is 452. The molecule has 0 aliphatic carbocycles. The van der Waals surface area contributed by atoms with Gasteiger partial charge in [-0.15, -0.1) is 0 Å². The van der Waals surface area contributed by atoms with Crippen molar-refractivity contribution in [2.24, 2.45) is 5.73 Å². The van der Waals surface area contributed by atoms with E-state index in [1.54, 1.807) is 35.0 Å². The van der Waals surface area contributed by atoms with E-state index < -0.39 is 6.04 Å². The lowest BCUT2D eigenvalue weighted by molar-refractivity contribution is -0.134. The number of piperazine rings is 1. The van der Waals surface area contributed by atoms with Gasteiger partial charge >= 0.3 is 0 Å². The minimum Gasteiger partial charge on any atom is -0.354 e. The summed E-state index contributed by atoms with van der Waals surface area (Å²) in [6, 6.07) is 6.04. The zero-order valence-corrected chi connectivity index (χ0v) is 10.6. The summed E-state index contributed by atoms with van der Waals surface area (Å²) < 4.78 is 13.8. The summed E-state index contributed by atoms with van der Waals surface area (Å²) in [7, 11) is 1.76. The number of carbonyl (C=O) groups is 1. The number of amides is 1. The van der Waals surface area contributed by atoms with Gasteiger partial charge in [-0.3, -0.25) is 4.79 Å². The van der Waals surface area contributed by atoms with Crippen molar-refractivity contribution in [3.63, 3.8) is 0 Å². The first-order chi connectivity index (χ1) is 8.56. The molecule has 2 unspecified atom stereocenters. The molecule has 4 nitrogen and oxygen atoms in total. The third-order valence-corrected chi connectivity index (χ3v) is 3.52. The molecule has 1 aromatic carbocycles.